The Balaban J connectivity index is 2.53. The molecule has 0 spiro atoms. The van der Waals surface area contributed by atoms with Gasteiger partial charge in [0.25, 0.3) is 0 Å². The summed E-state index contributed by atoms with van der Waals surface area (Å²) in [5, 5.41) is 3.07. The minimum Gasteiger partial charge on any atom is -0.385 e. The number of sulfone groups is 1. The quantitative estimate of drug-likeness (QED) is 0.866. The Hall–Kier alpha value is -1.56. The van der Waals surface area contributed by atoms with Crippen LogP contribution in [0.5, 0.6) is 0 Å². The fourth-order valence-electron chi connectivity index (χ4n) is 1.36. The normalized spacial score (nSPS) is 11.1. The van der Waals surface area contributed by atoms with E-state index in [1.165, 1.54) is 11.2 Å². The fraction of sp³-hybridized carbons (Fsp3) is 0.417. The van der Waals surface area contributed by atoms with Crippen molar-refractivity contribution in [3.8, 4) is 0 Å². The minimum absolute atomic E-state index is 0.0512. The van der Waals surface area contributed by atoms with Crippen LogP contribution in [0.3, 0.4) is 0 Å². The van der Waals surface area contributed by atoms with Crippen LogP contribution in [-0.2, 0) is 14.6 Å². The second-order valence-corrected chi connectivity index (χ2v) is 6.28. The molecule has 0 radical (unpaired) electrons. The Bertz CT molecular complexity index is 507. The number of hydrogen-bond donors (Lipinski definition) is 1. The number of hydrogen-bond acceptors (Lipinski definition) is 4. The molecule has 1 amide bonds. The molecular weight excluding hydrogens is 252 g/mol. The summed E-state index contributed by atoms with van der Waals surface area (Å²) in [6.07, 6.45) is 1.58. The van der Waals surface area contributed by atoms with Gasteiger partial charge < -0.3 is 10.2 Å². The smallest absolute Gasteiger partial charge is 0.223 e. The van der Waals surface area contributed by atoms with E-state index in [0.717, 1.165) is 5.69 Å². The summed E-state index contributed by atoms with van der Waals surface area (Å²) >= 11 is 0. The Labute approximate surface area is 108 Å². The third-order valence-corrected chi connectivity index (χ3v) is 3.58. The van der Waals surface area contributed by atoms with E-state index < -0.39 is 9.84 Å². The lowest BCUT2D eigenvalue weighted by Gasteiger charge is -2.11. The van der Waals surface area contributed by atoms with E-state index >= 15 is 0 Å². The van der Waals surface area contributed by atoms with E-state index in [2.05, 4.69) is 5.32 Å². The molecule has 0 atom stereocenters. The maximum atomic E-state index is 11.3. The highest BCUT2D eigenvalue weighted by molar-refractivity contribution is 7.90. The van der Waals surface area contributed by atoms with Crippen LogP contribution >= 0.6 is 0 Å². The highest BCUT2D eigenvalue weighted by atomic mass is 32.2. The van der Waals surface area contributed by atoms with Crippen LogP contribution in [0.4, 0.5) is 5.69 Å². The lowest BCUT2D eigenvalue weighted by molar-refractivity contribution is -0.128. The molecule has 0 bridgehead atoms. The number of nitrogens with one attached hydrogen (secondary N) is 1. The number of nitrogens with zero attached hydrogens (tertiary/aromatic N) is 1. The molecule has 1 aromatic carbocycles. The molecule has 1 aromatic rings. The molecule has 0 fully saturated rings. The van der Waals surface area contributed by atoms with Gasteiger partial charge in [-0.15, -0.1) is 0 Å². The number of carbonyl (C=O) groups is 1. The van der Waals surface area contributed by atoms with Gasteiger partial charge in [-0.05, 0) is 24.3 Å². The number of amides is 1. The average molecular weight is 270 g/mol. The number of benzene rings is 1. The van der Waals surface area contributed by atoms with Crippen LogP contribution in [-0.4, -0.2) is 46.1 Å². The van der Waals surface area contributed by atoms with Crippen LogP contribution in [0.2, 0.25) is 0 Å². The van der Waals surface area contributed by atoms with Gasteiger partial charge >= 0.3 is 0 Å². The summed E-state index contributed by atoms with van der Waals surface area (Å²) in [5.41, 5.74) is 0.800. The van der Waals surface area contributed by atoms with Gasteiger partial charge in [-0.2, -0.15) is 0 Å². The van der Waals surface area contributed by atoms with Crippen LogP contribution < -0.4 is 5.32 Å². The highest BCUT2D eigenvalue weighted by Crippen LogP contribution is 2.13. The topological polar surface area (TPSA) is 66.5 Å². The lowest BCUT2D eigenvalue weighted by Crippen LogP contribution is -2.23. The number of rotatable bonds is 5. The molecule has 100 valence electrons. The monoisotopic (exact) mass is 270 g/mol. The lowest BCUT2D eigenvalue weighted by atomic mass is 10.3. The summed E-state index contributed by atoms with van der Waals surface area (Å²) in [7, 11) is 0.270. The van der Waals surface area contributed by atoms with Crippen molar-refractivity contribution in [2.24, 2.45) is 0 Å². The maximum Gasteiger partial charge on any atom is 0.223 e. The van der Waals surface area contributed by atoms with E-state index in [1.807, 2.05) is 0 Å². The Morgan fingerprint density at radius 3 is 2.22 bits per heavy atom. The van der Waals surface area contributed by atoms with E-state index in [1.54, 1.807) is 38.4 Å². The third-order valence-electron chi connectivity index (χ3n) is 2.45. The van der Waals surface area contributed by atoms with Crippen molar-refractivity contribution in [3.05, 3.63) is 24.3 Å². The van der Waals surface area contributed by atoms with Crippen molar-refractivity contribution >= 4 is 21.4 Å². The Morgan fingerprint density at radius 1 is 1.22 bits per heavy atom. The van der Waals surface area contributed by atoms with Crippen molar-refractivity contribution in [3.63, 3.8) is 0 Å². The average Bonchev–Trinajstić information content (AvgIpc) is 2.28. The Kier molecular flexibility index (Phi) is 4.72. The third kappa shape index (κ3) is 4.37. The van der Waals surface area contributed by atoms with Crippen LogP contribution in [0, 0.1) is 0 Å². The van der Waals surface area contributed by atoms with E-state index in [4.69, 9.17) is 0 Å². The van der Waals surface area contributed by atoms with Crippen molar-refractivity contribution in [1.29, 1.82) is 0 Å². The molecule has 6 heteroatoms. The molecule has 0 aliphatic rings. The summed E-state index contributed by atoms with van der Waals surface area (Å²) in [4.78, 5) is 13.2. The van der Waals surface area contributed by atoms with Gasteiger partial charge in [0.15, 0.2) is 9.84 Å². The Morgan fingerprint density at radius 2 is 1.78 bits per heavy atom. The first-order valence-corrected chi connectivity index (χ1v) is 7.44. The molecular formula is C12H18N2O3S. The van der Waals surface area contributed by atoms with Crippen molar-refractivity contribution in [2.75, 3.05) is 32.2 Å². The van der Waals surface area contributed by atoms with E-state index in [-0.39, 0.29) is 10.8 Å². The molecule has 0 aliphatic carbocycles. The second kappa shape index (κ2) is 5.86. The molecule has 1 rings (SSSR count). The van der Waals surface area contributed by atoms with Crippen LogP contribution in [0.15, 0.2) is 29.2 Å². The van der Waals surface area contributed by atoms with Gasteiger partial charge in [0.1, 0.15) is 0 Å². The van der Waals surface area contributed by atoms with Crippen LogP contribution in [0.25, 0.3) is 0 Å². The summed E-state index contributed by atoms with van der Waals surface area (Å²) < 4.78 is 22.5. The molecule has 1 N–H and O–H groups in total. The number of anilines is 1. The van der Waals surface area contributed by atoms with Gasteiger partial charge in [0.2, 0.25) is 5.91 Å². The molecule has 0 aliphatic heterocycles. The van der Waals surface area contributed by atoms with Gasteiger partial charge in [-0.3, -0.25) is 4.79 Å². The van der Waals surface area contributed by atoms with Crippen LogP contribution in [0.1, 0.15) is 6.42 Å². The molecule has 0 saturated heterocycles. The second-order valence-electron chi connectivity index (χ2n) is 4.26. The maximum absolute atomic E-state index is 11.3. The zero-order chi connectivity index (χ0) is 13.8. The molecule has 0 unspecified atom stereocenters. The number of carbonyl (C=O) groups excluding carboxylic acids is 1. The van der Waals surface area contributed by atoms with Gasteiger partial charge in [0, 0.05) is 39.0 Å². The predicted octanol–water partition coefficient (Wildman–Crippen LogP) is 0.980. The first-order chi connectivity index (χ1) is 8.30. The van der Waals surface area contributed by atoms with Gasteiger partial charge in [0.05, 0.1) is 4.90 Å². The summed E-state index contributed by atoms with van der Waals surface area (Å²) in [6, 6.07) is 6.48. The SMILES string of the molecule is CN(C)C(=O)CCNc1ccc(S(C)(=O)=O)cc1. The summed E-state index contributed by atoms with van der Waals surface area (Å²) in [5.74, 6) is 0.0512. The molecule has 0 aromatic heterocycles. The summed E-state index contributed by atoms with van der Waals surface area (Å²) in [6.45, 7) is 0.523. The zero-order valence-electron chi connectivity index (χ0n) is 10.8. The molecule has 18 heavy (non-hydrogen) atoms. The molecule has 5 nitrogen and oxygen atoms in total. The first kappa shape index (κ1) is 14.5. The van der Waals surface area contributed by atoms with Crippen molar-refractivity contribution in [1.82, 2.24) is 4.90 Å². The zero-order valence-corrected chi connectivity index (χ0v) is 11.6. The first-order valence-electron chi connectivity index (χ1n) is 5.55. The largest absolute Gasteiger partial charge is 0.385 e. The molecule has 0 heterocycles. The van der Waals surface area contributed by atoms with E-state index in [0.29, 0.717) is 13.0 Å². The van der Waals surface area contributed by atoms with Gasteiger partial charge in [-0.25, -0.2) is 8.42 Å². The van der Waals surface area contributed by atoms with Crippen molar-refractivity contribution < 1.29 is 13.2 Å². The van der Waals surface area contributed by atoms with Crippen molar-refractivity contribution in [2.45, 2.75) is 11.3 Å². The highest BCUT2D eigenvalue weighted by Gasteiger charge is 2.06. The minimum atomic E-state index is -3.15. The fourth-order valence-corrected chi connectivity index (χ4v) is 1.99. The van der Waals surface area contributed by atoms with E-state index in [9.17, 15) is 13.2 Å². The van der Waals surface area contributed by atoms with Gasteiger partial charge in [-0.1, -0.05) is 0 Å². The predicted molar refractivity (Wildman–Crippen MR) is 71.4 cm³/mol. The standard InChI is InChI=1S/C12H18N2O3S/c1-14(2)12(15)8-9-13-10-4-6-11(7-5-10)18(3,16)17/h4-7,13H,8-9H2,1-3H3. The molecule has 0 saturated carbocycles.